The summed E-state index contributed by atoms with van der Waals surface area (Å²) in [5.41, 5.74) is -0.0790. The van der Waals surface area contributed by atoms with Gasteiger partial charge in [0.15, 0.2) is 0 Å². The second-order valence-electron chi connectivity index (χ2n) is 9.41. The highest BCUT2D eigenvalue weighted by atomic mass is 32.3. The molecule has 0 N–H and O–H groups in total. The number of amides is 1. The number of likely N-dealkylation sites (tertiary alicyclic amines) is 1. The SMILES string of the molecule is CC(C)(C)OC(=O)N1CCC(CCc2ccccc2)(CN(S(C)(=O)=O)S(C)(=O)=O)CC1. The Hall–Kier alpha value is -1.65. The molecule has 0 atom stereocenters. The van der Waals surface area contributed by atoms with E-state index in [0.717, 1.165) is 18.1 Å². The summed E-state index contributed by atoms with van der Waals surface area (Å²) in [6.45, 7) is 6.04. The molecule has 0 bridgehead atoms. The number of aryl methyl sites for hydroxylation is 1. The van der Waals surface area contributed by atoms with E-state index >= 15 is 0 Å². The van der Waals surface area contributed by atoms with E-state index in [4.69, 9.17) is 4.74 Å². The average Bonchev–Trinajstić information content (AvgIpc) is 2.63. The Morgan fingerprint density at radius 3 is 2.00 bits per heavy atom. The third kappa shape index (κ3) is 7.76. The first-order chi connectivity index (χ1) is 14.1. The van der Waals surface area contributed by atoms with E-state index in [9.17, 15) is 21.6 Å². The van der Waals surface area contributed by atoms with Gasteiger partial charge in [-0.15, -0.1) is 0 Å². The van der Waals surface area contributed by atoms with E-state index in [-0.39, 0.29) is 6.54 Å². The Balaban J connectivity index is 2.24. The summed E-state index contributed by atoms with van der Waals surface area (Å²) < 4.78 is 55.1. The molecular formula is C21H34N2O6S2. The summed E-state index contributed by atoms with van der Waals surface area (Å²) >= 11 is 0. The fourth-order valence-corrected chi connectivity index (χ4v) is 6.77. The van der Waals surface area contributed by atoms with E-state index in [1.165, 1.54) is 0 Å². The summed E-state index contributed by atoms with van der Waals surface area (Å²) in [5.74, 6) is 0. The quantitative estimate of drug-likeness (QED) is 0.602. The van der Waals surface area contributed by atoms with Crippen LogP contribution in [0.25, 0.3) is 0 Å². The number of benzene rings is 1. The second-order valence-corrected chi connectivity index (χ2v) is 13.5. The van der Waals surface area contributed by atoms with Crippen molar-refractivity contribution in [3.8, 4) is 0 Å². The molecule has 2 rings (SSSR count). The van der Waals surface area contributed by atoms with Crippen molar-refractivity contribution in [1.29, 1.82) is 0 Å². The van der Waals surface area contributed by atoms with E-state index in [1.807, 2.05) is 30.3 Å². The Morgan fingerprint density at radius 2 is 1.55 bits per heavy atom. The number of carbonyl (C=O) groups excluding carboxylic acids is 1. The maximum Gasteiger partial charge on any atom is 0.410 e. The first-order valence-electron chi connectivity index (χ1n) is 10.3. The highest BCUT2D eigenvalue weighted by Gasteiger charge is 2.42. The molecule has 1 aliphatic rings. The van der Waals surface area contributed by atoms with Crippen LogP contribution in [0.15, 0.2) is 30.3 Å². The van der Waals surface area contributed by atoms with E-state index in [1.54, 1.807) is 25.7 Å². The maximum absolute atomic E-state index is 12.4. The van der Waals surface area contributed by atoms with E-state index < -0.39 is 37.2 Å². The van der Waals surface area contributed by atoms with Crippen LogP contribution in [-0.4, -0.2) is 69.3 Å². The lowest BCUT2D eigenvalue weighted by Gasteiger charge is -2.43. The molecule has 0 saturated carbocycles. The van der Waals surface area contributed by atoms with Gasteiger partial charge in [0.2, 0.25) is 20.0 Å². The predicted octanol–water partition coefficient (Wildman–Crippen LogP) is 2.86. The molecule has 0 radical (unpaired) electrons. The summed E-state index contributed by atoms with van der Waals surface area (Å²) in [6, 6.07) is 9.79. The van der Waals surface area contributed by atoms with Gasteiger partial charge in [0.05, 0.1) is 12.5 Å². The zero-order valence-electron chi connectivity index (χ0n) is 19.0. The normalized spacial score (nSPS) is 17.5. The number of rotatable bonds is 7. The largest absolute Gasteiger partial charge is 0.444 e. The van der Waals surface area contributed by atoms with Crippen LogP contribution >= 0.6 is 0 Å². The Labute approximate surface area is 186 Å². The summed E-state index contributed by atoms with van der Waals surface area (Å²) in [4.78, 5) is 14.1. The number of hydrogen-bond acceptors (Lipinski definition) is 6. The molecule has 10 heteroatoms. The van der Waals surface area contributed by atoms with Crippen molar-refractivity contribution in [3.05, 3.63) is 35.9 Å². The van der Waals surface area contributed by atoms with Crippen LogP contribution in [0.5, 0.6) is 0 Å². The van der Waals surface area contributed by atoms with Crippen molar-refractivity contribution in [2.45, 2.75) is 52.1 Å². The molecule has 31 heavy (non-hydrogen) atoms. The average molecular weight is 475 g/mol. The van der Waals surface area contributed by atoms with Gasteiger partial charge in [-0.1, -0.05) is 34.0 Å². The molecule has 0 aromatic heterocycles. The highest BCUT2D eigenvalue weighted by molar-refractivity contribution is 8.03. The summed E-state index contributed by atoms with van der Waals surface area (Å²) in [6.07, 6.45) is 3.69. The van der Waals surface area contributed by atoms with Crippen molar-refractivity contribution < 1.29 is 26.4 Å². The van der Waals surface area contributed by atoms with Gasteiger partial charge >= 0.3 is 6.09 Å². The third-order valence-electron chi connectivity index (χ3n) is 5.47. The number of piperidine rings is 1. The topological polar surface area (TPSA) is 101 Å². The Kier molecular flexibility index (Phi) is 7.81. The molecule has 8 nitrogen and oxygen atoms in total. The van der Waals surface area contributed by atoms with Gasteiger partial charge in [0.25, 0.3) is 0 Å². The maximum atomic E-state index is 12.4. The molecule has 1 saturated heterocycles. The molecule has 1 heterocycles. The number of ether oxygens (including phenoxy) is 1. The van der Waals surface area contributed by atoms with Gasteiger partial charge in [-0.05, 0) is 57.4 Å². The lowest BCUT2D eigenvalue weighted by Crippen LogP contribution is -2.51. The number of sulfonamides is 2. The van der Waals surface area contributed by atoms with Crippen molar-refractivity contribution in [1.82, 2.24) is 8.61 Å². The van der Waals surface area contributed by atoms with E-state index in [2.05, 4.69) is 0 Å². The zero-order chi connectivity index (χ0) is 23.5. The molecule has 1 aromatic rings. The minimum atomic E-state index is -3.96. The lowest BCUT2D eigenvalue weighted by molar-refractivity contribution is 0.00796. The standard InChI is InChI=1S/C21H34N2O6S2/c1-20(2,3)29-19(24)22-15-13-21(14-16-22,12-11-18-9-7-6-8-10-18)17-23(30(4,25)26)31(5,27)28/h6-10H,11-17H2,1-5H3. The monoisotopic (exact) mass is 474 g/mol. The van der Waals surface area contributed by atoms with Gasteiger partial charge < -0.3 is 9.64 Å². The van der Waals surface area contributed by atoms with Crippen LogP contribution < -0.4 is 0 Å². The van der Waals surface area contributed by atoms with Crippen LogP contribution in [0, 0.1) is 5.41 Å². The molecular weight excluding hydrogens is 440 g/mol. The molecule has 1 aliphatic heterocycles. The number of nitrogens with zero attached hydrogens (tertiary/aromatic N) is 2. The fraction of sp³-hybridized carbons (Fsp3) is 0.667. The van der Waals surface area contributed by atoms with Crippen LogP contribution in [0.1, 0.15) is 45.6 Å². The second kappa shape index (κ2) is 9.46. The van der Waals surface area contributed by atoms with E-state index in [0.29, 0.717) is 42.5 Å². The van der Waals surface area contributed by atoms with Crippen molar-refractivity contribution in [2.75, 3.05) is 32.1 Å². The molecule has 176 valence electrons. The smallest absolute Gasteiger partial charge is 0.410 e. The fourth-order valence-electron chi connectivity index (χ4n) is 3.79. The van der Waals surface area contributed by atoms with Crippen LogP contribution in [0.2, 0.25) is 0 Å². The third-order valence-corrected chi connectivity index (χ3v) is 8.83. The van der Waals surface area contributed by atoms with Crippen molar-refractivity contribution in [3.63, 3.8) is 0 Å². The molecule has 0 aliphatic carbocycles. The molecule has 0 unspecified atom stereocenters. The molecule has 1 fully saturated rings. The summed E-state index contributed by atoms with van der Waals surface area (Å²) in [7, 11) is -7.91. The van der Waals surface area contributed by atoms with Gasteiger partial charge in [-0.25, -0.2) is 21.6 Å². The Morgan fingerprint density at radius 1 is 1.03 bits per heavy atom. The van der Waals surface area contributed by atoms with Gasteiger partial charge in [0, 0.05) is 19.6 Å². The molecule has 1 amide bonds. The summed E-state index contributed by atoms with van der Waals surface area (Å²) in [5, 5.41) is 0. The van der Waals surface area contributed by atoms with Crippen molar-refractivity contribution in [2.24, 2.45) is 5.41 Å². The lowest BCUT2D eigenvalue weighted by atomic mass is 9.74. The number of hydrogen-bond donors (Lipinski definition) is 0. The van der Waals surface area contributed by atoms with Gasteiger partial charge in [-0.2, -0.15) is 0 Å². The zero-order valence-corrected chi connectivity index (χ0v) is 20.6. The number of carbonyl (C=O) groups is 1. The Bertz CT molecular complexity index is 929. The van der Waals surface area contributed by atoms with Crippen LogP contribution in [0.4, 0.5) is 4.79 Å². The molecule has 0 spiro atoms. The van der Waals surface area contributed by atoms with Gasteiger partial charge in [-0.3, -0.25) is 0 Å². The van der Waals surface area contributed by atoms with Gasteiger partial charge in [0.1, 0.15) is 5.60 Å². The van der Waals surface area contributed by atoms with Crippen LogP contribution in [0.3, 0.4) is 0 Å². The minimum absolute atomic E-state index is 0.125. The first kappa shape index (κ1) is 25.6. The molecule has 1 aromatic carbocycles. The highest BCUT2D eigenvalue weighted by Crippen LogP contribution is 2.38. The first-order valence-corrected chi connectivity index (χ1v) is 14.0. The minimum Gasteiger partial charge on any atom is -0.444 e. The predicted molar refractivity (Wildman–Crippen MR) is 121 cm³/mol. The van der Waals surface area contributed by atoms with Crippen molar-refractivity contribution >= 4 is 26.1 Å². The van der Waals surface area contributed by atoms with Crippen LogP contribution in [-0.2, 0) is 31.2 Å².